The van der Waals surface area contributed by atoms with Gasteiger partial charge in [0.1, 0.15) is 0 Å². The summed E-state index contributed by atoms with van der Waals surface area (Å²) in [6, 6.07) is 10.5. The molecule has 1 aromatic heterocycles. The lowest BCUT2D eigenvalue weighted by molar-refractivity contribution is 0.559. The molecule has 2 rings (SSSR count). The van der Waals surface area contributed by atoms with E-state index in [-0.39, 0.29) is 29.7 Å². The Morgan fingerprint density at radius 2 is 1.86 bits per heavy atom. The molecule has 0 aliphatic rings. The van der Waals surface area contributed by atoms with Gasteiger partial charge in [-0.1, -0.05) is 18.2 Å². The van der Waals surface area contributed by atoms with Gasteiger partial charge in [0.15, 0.2) is 15.8 Å². The smallest absolute Gasteiger partial charge is 0.191 e. The molecule has 0 saturated heterocycles. The number of aromatic nitrogens is 1. The van der Waals surface area contributed by atoms with Gasteiger partial charge in [0, 0.05) is 37.9 Å². The maximum absolute atomic E-state index is 12.2. The summed E-state index contributed by atoms with van der Waals surface area (Å²) in [5.41, 5.74) is 1.24. The first-order chi connectivity index (χ1) is 12.7. The highest BCUT2D eigenvalue weighted by atomic mass is 127. The summed E-state index contributed by atoms with van der Waals surface area (Å²) in [4.78, 5) is 4.56. The molecule has 2 aromatic rings. The van der Waals surface area contributed by atoms with E-state index in [1.807, 2.05) is 13.0 Å². The fraction of sp³-hybridized carbons (Fsp3) is 0.550. The number of halogens is 1. The van der Waals surface area contributed by atoms with Crippen LogP contribution in [0.2, 0.25) is 0 Å². The molecule has 1 heterocycles. The maximum Gasteiger partial charge on any atom is 0.191 e. The van der Waals surface area contributed by atoms with E-state index in [2.05, 4.69) is 50.7 Å². The second-order valence-corrected chi connectivity index (χ2v) is 10.4. The molecule has 0 radical (unpaired) electrons. The standard InChI is InChI=1S/C20H32N4O2S.HI/c1-5-21-19(23-13-16-27(25,26)20(2,3)4)22-12-8-14-24-15-11-17-9-6-7-10-18(17)24;/h6-7,9-11,15H,5,8,12-14,16H2,1-4H3,(H2,21,22,23);1H. The lowest BCUT2D eigenvalue weighted by Gasteiger charge is -2.19. The van der Waals surface area contributed by atoms with E-state index in [0.717, 1.165) is 19.5 Å². The van der Waals surface area contributed by atoms with Crippen LogP contribution in [0.3, 0.4) is 0 Å². The van der Waals surface area contributed by atoms with Crippen LogP contribution in [0.1, 0.15) is 34.1 Å². The Morgan fingerprint density at radius 1 is 1.14 bits per heavy atom. The van der Waals surface area contributed by atoms with Gasteiger partial charge in [-0.2, -0.15) is 0 Å². The van der Waals surface area contributed by atoms with Crippen LogP contribution in [0.25, 0.3) is 10.9 Å². The van der Waals surface area contributed by atoms with Crippen molar-refractivity contribution in [2.75, 3.05) is 25.4 Å². The first kappa shape index (κ1) is 24.7. The van der Waals surface area contributed by atoms with E-state index in [1.165, 1.54) is 10.9 Å². The largest absolute Gasteiger partial charge is 0.357 e. The van der Waals surface area contributed by atoms with Gasteiger partial charge < -0.3 is 15.2 Å². The van der Waals surface area contributed by atoms with Crippen molar-refractivity contribution in [3.8, 4) is 0 Å². The molecule has 0 saturated carbocycles. The summed E-state index contributed by atoms with van der Waals surface area (Å²) >= 11 is 0. The zero-order valence-corrected chi connectivity index (χ0v) is 20.4. The number of hydrogen-bond acceptors (Lipinski definition) is 3. The monoisotopic (exact) mass is 520 g/mol. The highest BCUT2D eigenvalue weighted by molar-refractivity contribution is 14.0. The number of nitrogens with zero attached hydrogens (tertiary/aromatic N) is 2. The van der Waals surface area contributed by atoms with E-state index >= 15 is 0 Å². The Labute approximate surface area is 186 Å². The summed E-state index contributed by atoms with van der Waals surface area (Å²) in [5, 5.41) is 7.54. The molecule has 158 valence electrons. The van der Waals surface area contributed by atoms with Crippen LogP contribution in [-0.2, 0) is 16.4 Å². The Bertz CT molecular complexity index is 870. The van der Waals surface area contributed by atoms with Crippen molar-refractivity contribution < 1.29 is 8.42 Å². The average molecular weight is 520 g/mol. The van der Waals surface area contributed by atoms with Crippen LogP contribution in [0, 0.1) is 0 Å². The molecular weight excluding hydrogens is 487 g/mol. The fourth-order valence-corrected chi connectivity index (χ4v) is 3.70. The molecule has 0 unspecified atom stereocenters. The molecule has 0 fully saturated rings. The first-order valence-electron chi connectivity index (χ1n) is 9.53. The van der Waals surface area contributed by atoms with Crippen LogP contribution in [0.5, 0.6) is 0 Å². The van der Waals surface area contributed by atoms with E-state index in [0.29, 0.717) is 19.0 Å². The van der Waals surface area contributed by atoms with Gasteiger partial charge in [-0.25, -0.2) is 8.42 Å². The highest BCUT2D eigenvalue weighted by Gasteiger charge is 2.28. The summed E-state index contributed by atoms with van der Waals surface area (Å²) < 4.78 is 25.9. The predicted molar refractivity (Wildman–Crippen MR) is 129 cm³/mol. The minimum Gasteiger partial charge on any atom is -0.357 e. The summed E-state index contributed by atoms with van der Waals surface area (Å²) in [6.45, 7) is 9.84. The predicted octanol–water partition coefficient (Wildman–Crippen LogP) is 3.42. The molecule has 6 nitrogen and oxygen atoms in total. The van der Waals surface area contributed by atoms with Crippen molar-refractivity contribution >= 4 is 50.7 Å². The molecule has 28 heavy (non-hydrogen) atoms. The lowest BCUT2D eigenvalue weighted by atomic mass is 10.2. The van der Waals surface area contributed by atoms with Crippen molar-refractivity contribution in [1.29, 1.82) is 0 Å². The zero-order chi connectivity index (χ0) is 19.9. The number of hydrogen-bond donors (Lipinski definition) is 2. The number of benzene rings is 1. The Hall–Kier alpha value is -1.29. The van der Waals surface area contributed by atoms with E-state index in [4.69, 9.17) is 0 Å². The van der Waals surface area contributed by atoms with Crippen molar-refractivity contribution in [2.45, 2.75) is 45.4 Å². The Morgan fingerprint density at radius 3 is 2.54 bits per heavy atom. The average Bonchev–Trinajstić information content (AvgIpc) is 3.01. The third kappa shape index (κ3) is 6.95. The maximum atomic E-state index is 12.2. The number of aryl methyl sites for hydroxylation is 1. The van der Waals surface area contributed by atoms with Crippen molar-refractivity contribution in [3.63, 3.8) is 0 Å². The third-order valence-electron chi connectivity index (χ3n) is 4.45. The Balaban J connectivity index is 0.00000392. The molecule has 0 bridgehead atoms. The number of aliphatic imine (C=N–C) groups is 1. The summed E-state index contributed by atoms with van der Waals surface area (Å²) in [7, 11) is -3.13. The minimum atomic E-state index is -3.13. The van der Waals surface area contributed by atoms with Crippen LogP contribution in [0.15, 0.2) is 41.5 Å². The van der Waals surface area contributed by atoms with E-state index < -0.39 is 14.6 Å². The molecule has 0 spiro atoms. The first-order valence-corrected chi connectivity index (χ1v) is 11.2. The number of nitrogens with one attached hydrogen (secondary N) is 2. The Kier molecular flexibility index (Phi) is 9.76. The van der Waals surface area contributed by atoms with Gasteiger partial charge in [-0.05, 0) is 51.6 Å². The number of rotatable bonds is 8. The molecule has 0 aliphatic heterocycles. The van der Waals surface area contributed by atoms with E-state index in [9.17, 15) is 8.42 Å². The molecule has 8 heteroatoms. The summed E-state index contributed by atoms with van der Waals surface area (Å²) in [6.07, 6.45) is 3.02. The highest BCUT2D eigenvalue weighted by Crippen LogP contribution is 2.16. The number of para-hydroxylation sites is 1. The van der Waals surface area contributed by atoms with Crippen molar-refractivity contribution in [1.82, 2.24) is 15.2 Å². The molecule has 0 atom stereocenters. The second-order valence-electron chi connectivity index (χ2n) is 7.54. The number of sulfone groups is 1. The lowest BCUT2D eigenvalue weighted by Crippen LogP contribution is -2.41. The van der Waals surface area contributed by atoms with Crippen LogP contribution in [-0.4, -0.2) is 49.1 Å². The number of guanidine groups is 1. The third-order valence-corrected chi connectivity index (χ3v) is 7.06. The molecule has 2 N–H and O–H groups in total. The molecular formula is C20H33IN4O2S. The van der Waals surface area contributed by atoms with Crippen LogP contribution in [0.4, 0.5) is 0 Å². The van der Waals surface area contributed by atoms with Crippen LogP contribution < -0.4 is 10.6 Å². The molecule has 0 aliphatic carbocycles. The van der Waals surface area contributed by atoms with Gasteiger partial charge in [0.05, 0.1) is 10.5 Å². The van der Waals surface area contributed by atoms with Gasteiger partial charge >= 0.3 is 0 Å². The van der Waals surface area contributed by atoms with Crippen molar-refractivity contribution in [2.24, 2.45) is 4.99 Å². The normalized spacial score (nSPS) is 12.6. The van der Waals surface area contributed by atoms with Crippen LogP contribution >= 0.6 is 24.0 Å². The zero-order valence-electron chi connectivity index (χ0n) is 17.2. The number of fused-ring (bicyclic) bond motifs is 1. The second kappa shape index (κ2) is 11.0. The quantitative estimate of drug-likeness (QED) is 0.242. The minimum absolute atomic E-state index is 0. The van der Waals surface area contributed by atoms with Gasteiger partial charge in [-0.15, -0.1) is 24.0 Å². The molecule has 0 amide bonds. The fourth-order valence-electron chi connectivity index (χ4n) is 2.72. The van der Waals surface area contributed by atoms with Gasteiger partial charge in [0.25, 0.3) is 0 Å². The van der Waals surface area contributed by atoms with E-state index in [1.54, 1.807) is 20.8 Å². The SMILES string of the molecule is CCNC(=NCCCn1ccc2ccccc21)NCCS(=O)(=O)C(C)(C)C.I. The van der Waals surface area contributed by atoms with Gasteiger partial charge in [-0.3, -0.25) is 4.99 Å². The summed E-state index contributed by atoms with van der Waals surface area (Å²) in [5.74, 6) is 0.759. The van der Waals surface area contributed by atoms with Crippen molar-refractivity contribution in [3.05, 3.63) is 36.5 Å². The topological polar surface area (TPSA) is 75.5 Å². The molecule has 1 aromatic carbocycles. The van der Waals surface area contributed by atoms with Gasteiger partial charge in [0.2, 0.25) is 0 Å².